The SMILES string of the molecule is Cc1cc(C)cc(-n2ncc3ccccc3c2=O)c1. The average molecular weight is 250 g/mol. The Hall–Kier alpha value is -2.42. The van der Waals surface area contributed by atoms with Crippen molar-refractivity contribution in [2.75, 3.05) is 0 Å². The fourth-order valence-electron chi connectivity index (χ4n) is 2.35. The molecule has 0 saturated carbocycles. The van der Waals surface area contributed by atoms with Crippen LogP contribution in [0.25, 0.3) is 16.5 Å². The van der Waals surface area contributed by atoms with Crippen molar-refractivity contribution in [3.63, 3.8) is 0 Å². The maximum atomic E-state index is 12.5. The van der Waals surface area contributed by atoms with E-state index in [4.69, 9.17) is 0 Å². The van der Waals surface area contributed by atoms with E-state index in [1.54, 1.807) is 6.20 Å². The van der Waals surface area contributed by atoms with Gasteiger partial charge in [-0.25, -0.2) is 0 Å². The number of benzene rings is 2. The third-order valence-corrected chi connectivity index (χ3v) is 3.15. The van der Waals surface area contributed by atoms with Crippen LogP contribution in [0.1, 0.15) is 11.1 Å². The number of aromatic nitrogens is 2. The minimum absolute atomic E-state index is 0.0805. The van der Waals surface area contributed by atoms with Crippen molar-refractivity contribution in [3.05, 3.63) is 70.1 Å². The molecule has 94 valence electrons. The number of hydrogen-bond acceptors (Lipinski definition) is 2. The molecule has 0 bridgehead atoms. The molecule has 0 unspecified atom stereocenters. The molecule has 0 radical (unpaired) electrons. The van der Waals surface area contributed by atoms with E-state index in [2.05, 4.69) is 11.2 Å². The van der Waals surface area contributed by atoms with E-state index in [1.807, 2.05) is 50.2 Å². The second-order valence-corrected chi connectivity index (χ2v) is 4.79. The summed E-state index contributed by atoms with van der Waals surface area (Å²) in [6, 6.07) is 13.5. The van der Waals surface area contributed by atoms with Crippen molar-refractivity contribution in [3.8, 4) is 5.69 Å². The molecular weight excluding hydrogens is 236 g/mol. The molecule has 1 heterocycles. The lowest BCUT2D eigenvalue weighted by Crippen LogP contribution is -2.21. The first-order chi connectivity index (χ1) is 9.15. The third kappa shape index (κ3) is 2.03. The maximum Gasteiger partial charge on any atom is 0.279 e. The largest absolute Gasteiger partial charge is 0.279 e. The van der Waals surface area contributed by atoms with Crippen molar-refractivity contribution in [1.29, 1.82) is 0 Å². The van der Waals surface area contributed by atoms with E-state index >= 15 is 0 Å². The van der Waals surface area contributed by atoms with Gasteiger partial charge < -0.3 is 0 Å². The van der Waals surface area contributed by atoms with Crippen molar-refractivity contribution in [2.24, 2.45) is 0 Å². The summed E-state index contributed by atoms with van der Waals surface area (Å²) < 4.78 is 1.46. The Bertz CT molecular complexity index is 798. The van der Waals surface area contributed by atoms with Gasteiger partial charge in [0.15, 0.2) is 0 Å². The molecule has 0 amide bonds. The standard InChI is InChI=1S/C16H14N2O/c1-11-7-12(2)9-14(8-11)18-16(19)15-6-4-3-5-13(15)10-17-18/h3-10H,1-2H3. The predicted molar refractivity (Wildman–Crippen MR) is 76.8 cm³/mol. The lowest BCUT2D eigenvalue weighted by atomic mass is 10.1. The molecule has 0 fully saturated rings. The fourth-order valence-corrected chi connectivity index (χ4v) is 2.35. The molecule has 3 aromatic rings. The summed E-state index contributed by atoms with van der Waals surface area (Å²) in [5.41, 5.74) is 2.98. The minimum atomic E-state index is -0.0805. The molecule has 0 aliphatic heterocycles. The van der Waals surface area contributed by atoms with Crippen LogP contribution in [0.5, 0.6) is 0 Å². The van der Waals surface area contributed by atoms with E-state index < -0.39 is 0 Å². The summed E-state index contributed by atoms with van der Waals surface area (Å²) in [6.45, 7) is 4.03. The Kier molecular flexibility index (Phi) is 2.67. The molecule has 0 spiro atoms. The number of nitrogens with zero attached hydrogens (tertiary/aromatic N) is 2. The zero-order valence-electron chi connectivity index (χ0n) is 10.9. The molecule has 3 heteroatoms. The van der Waals surface area contributed by atoms with Crippen LogP contribution in [-0.2, 0) is 0 Å². The smallest absolute Gasteiger partial charge is 0.267 e. The lowest BCUT2D eigenvalue weighted by Gasteiger charge is -2.08. The molecule has 3 rings (SSSR count). The summed E-state index contributed by atoms with van der Waals surface area (Å²) >= 11 is 0. The van der Waals surface area contributed by atoms with Gasteiger partial charge in [0.2, 0.25) is 0 Å². The first-order valence-corrected chi connectivity index (χ1v) is 6.21. The quantitative estimate of drug-likeness (QED) is 0.665. The molecule has 0 aliphatic rings. The highest BCUT2D eigenvalue weighted by Gasteiger charge is 2.06. The van der Waals surface area contributed by atoms with Crippen LogP contribution in [0, 0.1) is 13.8 Å². The summed E-state index contributed by atoms with van der Waals surface area (Å²) in [7, 11) is 0. The third-order valence-electron chi connectivity index (χ3n) is 3.15. The highest BCUT2D eigenvalue weighted by molar-refractivity contribution is 5.80. The van der Waals surface area contributed by atoms with Crippen LogP contribution in [0.4, 0.5) is 0 Å². The second kappa shape index (κ2) is 4.35. The number of rotatable bonds is 1. The minimum Gasteiger partial charge on any atom is -0.267 e. The Morgan fingerprint density at radius 3 is 2.42 bits per heavy atom. The van der Waals surface area contributed by atoms with Gasteiger partial charge in [0.25, 0.3) is 5.56 Å². The van der Waals surface area contributed by atoms with Crippen LogP contribution in [0.3, 0.4) is 0 Å². The molecular formula is C16H14N2O. The summed E-state index contributed by atoms with van der Waals surface area (Å²) in [4.78, 5) is 12.5. The van der Waals surface area contributed by atoms with Crippen molar-refractivity contribution in [2.45, 2.75) is 13.8 Å². The van der Waals surface area contributed by atoms with Crippen molar-refractivity contribution in [1.82, 2.24) is 9.78 Å². The molecule has 1 aromatic heterocycles. The van der Waals surface area contributed by atoms with E-state index in [1.165, 1.54) is 4.68 Å². The Balaban J connectivity index is 2.31. The van der Waals surface area contributed by atoms with Gasteiger partial charge >= 0.3 is 0 Å². The zero-order valence-corrected chi connectivity index (χ0v) is 10.9. The molecule has 3 nitrogen and oxygen atoms in total. The number of hydrogen-bond donors (Lipinski definition) is 0. The molecule has 0 saturated heterocycles. The van der Waals surface area contributed by atoms with Gasteiger partial charge in [-0.1, -0.05) is 24.3 Å². The van der Waals surface area contributed by atoms with Crippen LogP contribution >= 0.6 is 0 Å². The molecule has 2 aromatic carbocycles. The van der Waals surface area contributed by atoms with Crippen LogP contribution in [-0.4, -0.2) is 9.78 Å². The monoisotopic (exact) mass is 250 g/mol. The van der Waals surface area contributed by atoms with Gasteiger partial charge in [-0.15, -0.1) is 0 Å². The predicted octanol–water partition coefficient (Wildman–Crippen LogP) is 3.00. The Morgan fingerprint density at radius 1 is 1.00 bits per heavy atom. The van der Waals surface area contributed by atoms with Gasteiger partial charge in [-0.2, -0.15) is 9.78 Å². The number of aryl methyl sites for hydroxylation is 2. The second-order valence-electron chi connectivity index (χ2n) is 4.79. The molecule has 0 aliphatic carbocycles. The summed E-state index contributed by atoms with van der Waals surface area (Å²) in [6.07, 6.45) is 1.73. The normalized spacial score (nSPS) is 10.8. The van der Waals surface area contributed by atoms with Gasteiger partial charge in [0, 0.05) is 5.39 Å². The van der Waals surface area contributed by atoms with Gasteiger partial charge in [-0.05, 0) is 43.2 Å². The highest BCUT2D eigenvalue weighted by Crippen LogP contribution is 2.13. The van der Waals surface area contributed by atoms with E-state index in [0.29, 0.717) is 5.39 Å². The molecule has 0 N–H and O–H groups in total. The first kappa shape index (κ1) is 11.7. The van der Waals surface area contributed by atoms with Crippen LogP contribution < -0.4 is 5.56 Å². The van der Waals surface area contributed by atoms with Gasteiger partial charge in [0.1, 0.15) is 0 Å². The number of fused-ring (bicyclic) bond motifs is 1. The zero-order chi connectivity index (χ0) is 13.4. The molecule has 0 atom stereocenters. The Labute approximate surface area is 111 Å². The highest BCUT2D eigenvalue weighted by atomic mass is 16.1. The van der Waals surface area contributed by atoms with E-state index in [9.17, 15) is 4.79 Å². The van der Waals surface area contributed by atoms with Gasteiger partial charge in [0.05, 0.1) is 17.3 Å². The van der Waals surface area contributed by atoms with E-state index in [0.717, 1.165) is 22.2 Å². The Morgan fingerprint density at radius 2 is 1.68 bits per heavy atom. The molecule has 19 heavy (non-hydrogen) atoms. The summed E-state index contributed by atoms with van der Waals surface area (Å²) in [5, 5.41) is 5.82. The van der Waals surface area contributed by atoms with Crippen LogP contribution in [0.15, 0.2) is 53.5 Å². The lowest BCUT2D eigenvalue weighted by molar-refractivity contribution is 0.819. The summed E-state index contributed by atoms with van der Waals surface area (Å²) in [5.74, 6) is 0. The first-order valence-electron chi connectivity index (χ1n) is 6.21. The van der Waals surface area contributed by atoms with Crippen molar-refractivity contribution >= 4 is 10.8 Å². The van der Waals surface area contributed by atoms with E-state index in [-0.39, 0.29) is 5.56 Å². The topological polar surface area (TPSA) is 34.9 Å². The fraction of sp³-hybridized carbons (Fsp3) is 0.125. The van der Waals surface area contributed by atoms with Crippen molar-refractivity contribution < 1.29 is 0 Å². The maximum absolute atomic E-state index is 12.5. The average Bonchev–Trinajstić information content (AvgIpc) is 2.38. The van der Waals surface area contributed by atoms with Crippen LogP contribution in [0.2, 0.25) is 0 Å². The van der Waals surface area contributed by atoms with Gasteiger partial charge in [-0.3, -0.25) is 4.79 Å².